The van der Waals surface area contributed by atoms with Gasteiger partial charge in [-0.05, 0) is 19.3 Å². The quantitative estimate of drug-likeness (QED) is 0.714. The lowest BCUT2D eigenvalue weighted by Gasteiger charge is -2.21. The van der Waals surface area contributed by atoms with E-state index in [2.05, 4.69) is 15.6 Å². The van der Waals surface area contributed by atoms with Crippen LogP contribution in [-0.4, -0.2) is 35.3 Å². The number of urea groups is 1. The summed E-state index contributed by atoms with van der Waals surface area (Å²) in [5.74, 6) is 0.305. The molecule has 6 heteroatoms. The maximum absolute atomic E-state index is 11.7. The average Bonchev–Trinajstić information content (AvgIpc) is 2.74. The molecule has 3 N–H and O–H groups in total. The van der Waals surface area contributed by atoms with Crippen LogP contribution in [0.15, 0.2) is 5.38 Å². The molecule has 0 aliphatic carbocycles. The molecule has 19 heavy (non-hydrogen) atoms. The number of carbonyl (C=O) groups excluding carboxylic acids is 1. The van der Waals surface area contributed by atoms with Gasteiger partial charge in [0.2, 0.25) is 0 Å². The fraction of sp³-hybridized carbons (Fsp3) is 0.692. The Bertz CT molecular complexity index is 393. The molecule has 1 unspecified atom stereocenters. The second kappa shape index (κ2) is 8.12. The third-order valence-electron chi connectivity index (χ3n) is 2.89. The maximum atomic E-state index is 11.7. The Balaban J connectivity index is 2.26. The Labute approximate surface area is 118 Å². The zero-order chi connectivity index (χ0) is 14.3. The van der Waals surface area contributed by atoms with Gasteiger partial charge < -0.3 is 15.7 Å². The van der Waals surface area contributed by atoms with Crippen LogP contribution >= 0.6 is 11.3 Å². The van der Waals surface area contributed by atoms with Crippen molar-refractivity contribution in [3.05, 3.63) is 16.1 Å². The molecule has 5 nitrogen and oxygen atoms in total. The van der Waals surface area contributed by atoms with Crippen molar-refractivity contribution in [2.75, 3.05) is 13.2 Å². The van der Waals surface area contributed by atoms with E-state index in [-0.39, 0.29) is 18.7 Å². The van der Waals surface area contributed by atoms with Gasteiger partial charge in [0.15, 0.2) is 0 Å². The number of carbonyl (C=O) groups is 1. The number of nitrogens with one attached hydrogen (secondary N) is 2. The number of aliphatic hydroxyl groups excluding tert-OH is 1. The van der Waals surface area contributed by atoms with Crippen molar-refractivity contribution in [1.29, 1.82) is 0 Å². The summed E-state index contributed by atoms with van der Waals surface area (Å²) in [6.45, 7) is 6.67. The van der Waals surface area contributed by atoms with Gasteiger partial charge in [-0.25, -0.2) is 9.78 Å². The minimum Gasteiger partial charge on any atom is -0.396 e. The number of hydrogen-bond acceptors (Lipinski definition) is 4. The average molecular weight is 285 g/mol. The van der Waals surface area contributed by atoms with Crippen molar-refractivity contribution in [3.8, 4) is 0 Å². The highest BCUT2D eigenvalue weighted by molar-refractivity contribution is 7.09. The van der Waals surface area contributed by atoms with Crippen LogP contribution in [-0.2, 0) is 6.42 Å². The van der Waals surface area contributed by atoms with Gasteiger partial charge in [-0.2, -0.15) is 0 Å². The largest absolute Gasteiger partial charge is 0.396 e. The van der Waals surface area contributed by atoms with E-state index in [0.29, 0.717) is 18.9 Å². The summed E-state index contributed by atoms with van der Waals surface area (Å²) in [7, 11) is 0. The fourth-order valence-corrected chi connectivity index (χ4v) is 2.40. The van der Waals surface area contributed by atoms with Crippen molar-refractivity contribution >= 4 is 17.4 Å². The molecular formula is C13H23N3O2S. The third-order valence-corrected chi connectivity index (χ3v) is 3.72. The summed E-state index contributed by atoms with van der Waals surface area (Å²) in [5, 5.41) is 17.7. The van der Waals surface area contributed by atoms with Crippen LogP contribution < -0.4 is 10.6 Å². The van der Waals surface area contributed by atoms with Crippen LogP contribution in [0, 0.1) is 12.8 Å². The second-order valence-electron chi connectivity index (χ2n) is 4.87. The maximum Gasteiger partial charge on any atom is 0.315 e. The number of amides is 2. The third kappa shape index (κ3) is 6.02. The molecule has 1 rings (SSSR count). The lowest BCUT2D eigenvalue weighted by molar-refractivity contribution is 0.219. The highest BCUT2D eigenvalue weighted by atomic mass is 32.1. The molecule has 0 aliphatic rings. The molecule has 2 amide bonds. The zero-order valence-corrected chi connectivity index (χ0v) is 12.6. The van der Waals surface area contributed by atoms with E-state index in [0.717, 1.165) is 17.1 Å². The number of thiazole rings is 1. The Morgan fingerprint density at radius 3 is 2.79 bits per heavy atom. The zero-order valence-electron chi connectivity index (χ0n) is 11.8. The lowest BCUT2D eigenvalue weighted by atomic mass is 10.0. The summed E-state index contributed by atoms with van der Waals surface area (Å²) < 4.78 is 0. The topological polar surface area (TPSA) is 74.2 Å². The van der Waals surface area contributed by atoms with Gasteiger partial charge in [0.05, 0.1) is 10.7 Å². The van der Waals surface area contributed by atoms with Gasteiger partial charge in [-0.15, -0.1) is 11.3 Å². The van der Waals surface area contributed by atoms with Crippen molar-refractivity contribution in [3.63, 3.8) is 0 Å². The highest BCUT2D eigenvalue weighted by Gasteiger charge is 2.15. The minimum atomic E-state index is -0.181. The van der Waals surface area contributed by atoms with Crippen LogP contribution in [0.3, 0.4) is 0 Å². The van der Waals surface area contributed by atoms with Gasteiger partial charge in [0, 0.05) is 31.0 Å². The first-order valence-electron chi connectivity index (χ1n) is 6.59. The van der Waals surface area contributed by atoms with Gasteiger partial charge in [-0.3, -0.25) is 0 Å². The van der Waals surface area contributed by atoms with Crippen molar-refractivity contribution < 1.29 is 9.90 Å². The fourth-order valence-electron chi connectivity index (χ4n) is 1.76. The van der Waals surface area contributed by atoms with Crippen LogP contribution in [0.25, 0.3) is 0 Å². The molecule has 1 atom stereocenters. The first kappa shape index (κ1) is 15.9. The standard InChI is InChI=1S/C13H23N3O2S/c1-9(2)12(5-7-17)16-13(18)14-6-4-11-8-19-10(3)15-11/h8-9,12,17H,4-7H2,1-3H3,(H2,14,16,18). The molecule has 1 heterocycles. The van der Waals surface area contributed by atoms with Crippen molar-refractivity contribution in [2.24, 2.45) is 5.92 Å². The highest BCUT2D eigenvalue weighted by Crippen LogP contribution is 2.08. The molecule has 0 aliphatic heterocycles. The van der Waals surface area contributed by atoms with E-state index in [9.17, 15) is 4.79 Å². The second-order valence-corrected chi connectivity index (χ2v) is 5.93. The van der Waals surface area contributed by atoms with E-state index >= 15 is 0 Å². The molecule has 0 spiro atoms. The van der Waals surface area contributed by atoms with Crippen LogP contribution in [0.2, 0.25) is 0 Å². The number of hydrogen-bond donors (Lipinski definition) is 3. The summed E-state index contributed by atoms with van der Waals surface area (Å²) in [6, 6.07) is -0.175. The minimum absolute atomic E-state index is 0.00603. The van der Waals surface area contributed by atoms with E-state index in [1.807, 2.05) is 26.2 Å². The molecule has 0 radical (unpaired) electrons. The summed E-state index contributed by atoms with van der Waals surface area (Å²) in [5.41, 5.74) is 1.01. The number of aromatic nitrogens is 1. The molecule has 0 bridgehead atoms. The van der Waals surface area contributed by atoms with Crippen LogP contribution in [0.1, 0.15) is 31.0 Å². The molecule has 1 aromatic heterocycles. The molecule has 0 aromatic carbocycles. The van der Waals surface area contributed by atoms with Gasteiger partial charge in [0.1, 0.15) is 0 Å². The summed E-state index contributed by atoms with van der Waals surface area (Å²) in [4.78, 5) is 16.0. The molecule has 108 valence electrons. The first-order chi connectivity index (χ1) is 9.02. The Hall–Kier alpha value is -1.14. The summed E-state index contributed by atoms with van der Waals surface area (Å²) >= 11 is 1.62. The van der Waals surface area contributed by atoms with Gasteiger partial charge in [0.25, 0.3) is 0 Å². The van der Waals surface area contributed by atoms with Crippen molar-refractivity contribution in [2.45, 2.75) is 39.7 Å². The number of aryl methyl sites for hydroxylation is 1. The van der Waals surface area contributed by atoms with Crippen LogP contribution in [0.4, 0.5) is 4.79 Å². The SMILES string of the molecule is Cc1nc(CCNC(=O)NC(CCO)C(C)C)cs1. The predicted molar refractivity (Wildman–Crippen MR) is 77.4 cm³/mol. The normalized spacial score (nSPS) is 12.5. The Morgan fingerprint density at radius 2 is 2.26 bits per heavy atom. The number of rotatable bonds is 7. The molecule has 0 fully saturated rings. The van der Waals surface area contributed by atoms with E-state index in [4.69, 9.17) is 5.11 Å². The Morgan fingerprint density at radius 1 is 1.53 bits per heavy atom. The monoisotopic (exact) mass is 285 g/mol. The van der Waals surface area contributed by atoms with Crippen LogP contribution in [0.5, 0.6) is 0 Å². The molecule has 0 saturated heterocycles. The van der Waals surface area contributed by atoms with Gasteiger partial charge in [-0.1, -0.05) is 13.8 Å². The molecular weight excluding hydrogens is 262 g/mol. The van der Waals surface area contributed by atoms with E-state index < -0.39 is 0 Å². The lowest BCUT2D eigenvalue weighted by Crippen LogP contribution is -2.45. The van der Waals surface area contributed by atoms with Crippen molar-refractivity contribution in [1.82, 2.24) is 15.6 Å². The molecule has 0 saturated carbocycles. The summed E-state index contributed by atoms with van der Waals surface area (Å²) in [6.07, 6.45) is 1.32. The molecule has 1 aromatic rings. The van der Waals surface area contributed by atoms with Gasteiger partial charge >= 0.3 is 6.03 Å². The van der Waals surface area contributed by atoms with E-state index in [1.165, 1.54) is 0 Å². The number of nitrogens with zero attached hydrogens (tertiary/aromatic N) is 1. The Kier molecular flexibility index (Phi) is 6.80. The smallest absolute Gasteiger partial charge is 0.315 e. The van der Waals surface area contributed by atoms with E-state index in [1.54, 1.807) is 11.3 Å². The number of aliphatic hydroxyl groups is 1. The first-order valence-corrected chi connectivity index (χ1v) is 7.47. The predicted octanol–water partition coefficient (Wildman–Crippen LogP) is 1.70.